The van der Waals surface area contributed by atoms with Gasteiger partial charge in [-0.05, 0) is 19.4 Å². The van der Waals surface area contributed by atoms with Crippen molar-refractivity contribution >= 4 is 27.3 Å². The Bertz CT molecular complexity index is 800. The quantitative estimate of drug-likeness (QED) is 0.463. The van der Waals surface area contributed by atoms with Crippen molar-refractivity contribution < 1.29 is 13.3 Å². The summed E-state index contributed by atoms with van der Waals surface area (Å²) in [6, 6.07) is 5.22. The Kier molecular flexibility index (Phi) is 5.34. The van der Waals surface area contributed by atoms with E-state index in [9.17, 15) is 18.5 Å². The summed E-state index contributed by atoms with van der Waals surface area (Å²) in [5.74, 6) is 0. The molecule has 0 saturated heterocycles. The largest absolute Gasteiger partial charge is 0.289 e. The second kappa shape index (κ2) is 7.07. The van der Waals surface area contributed by atoms with Gasteiger partial charge in [0.05, 0.1) is 15.6 Å². The second-order valence-corrected chi connectivity index (χ2v) is 6.94. The molecular formula is C13H15ClN4O4S. The van der Waals surface area contributed by atoms with Crippen LogP contribution in [0.4, 0.5) is 5.69 Å². The van der Waals surface area contributed by atoms with Crippen LogP contribution in [0.15, 0.2) is 35.4 Å². The van der Waals surface area contributed by atoms with Crippen molar-refractivity contribution in [1.29, 1.82) is 0 Å². The minimum Gasteiger partial charge on any atom is -0.271 e. The van der Waals surface area contributed by atoms with Gasteiger partial charge in [-0.15, -0.1) is 0 Å². The maximum Gasteiger partial charge on any atom is 0.289 e. The first kappa shape index (κ1) is 17.4. The van der Waals surface area contributed by atoms with Gasteiger partial charge in [-0.2, -0.15) is 5.10 Å². The molecule has 0 unspecified atom stereocenters. The lowest BCUT2D eigenvalue weighted by atomic mass is 10.3. The van der Waals surface area contributed by atoms with Crippen LogP contribution in [-0.4, -0.2) is 29.7 Å². The molecule has 2 aromatic rings. The fraction of sp³-hybridized carbons (Fsp3) is 0.308. The summed E-state index contributed by atoms with van der Waals surface area (Å²) < 4.78 is 28.3. The van der Waals surface area contributed by atoms with Crippen molar-refractivity contribution in [3.8, 4) is 0 Å². The number of nitrogens with zero attached hydrogens (tertiary/aromatic N) is 3. The molecule has 0 radical (unpaired) electrons. The Morgan fingerprint density at radius 2 is 2.09 bits per heavy atom. The number of nitrogens with one attached hydrogen (secondary N) is 1. The molecule has 2 rings (SSSR count). The monoisotopic (exact) mass is 358 g/mol. The van der Waals surface area contributed by atoms with Gasteiger partial charge in [-0.1, -0.05) is 23.7 Å². The van der Waals surface area contributed by atoms with Gasteiger partial charge in [0.2, 0.25) is 10.0 Å². The van der Waals surface area contributed by atoms with E-state index in [-0.39, 0.29) is 11.4 Å². The van der Waals surface area contributed by atoms with Crippen LogP contribution in [0.5, 0.6) is 0 Å². The van der Waals surface area contributed by atoms with Gasteiger partial charge in [0.1, 0.15) is 0 Å². The maximum atomic E-state index is 12.2. The van der Waals surface area contributed by atoms with E-state index >= 15 is 0 Å². The van der Waals surface area contributed by atoms with E-state index in [4.69, 9.17) is 11.6 Å². The second-order valence-electron chi connectivity index (χ2n) is 4.80. The first-order chi connectivity index (χ1) is 10.8. The lowest BCUT2D eigenvalue weighted by molar-refractivity contribution is -0.387. The Morgan fingerprint density at radius 3 is 2.70 bits per heavy atom. The lowest BCUT2D eigenvalue weighted by Crippen LogP contribution is -2.26. The third kappa shape index (κ3) is 4.27. The highest BCUT2D eigenvalue weighted by molar-refractivity contribution is 7.89. The fourth-order valence-corrected chi connectivity index (χ4v) is 3.36. The number of hydrogen-bond acceptors (Lipinski definition) is 5. The number of benzene rings is 1. The van der Waals surface area contributed by atoms with E-state index in [1.807, 2.05) is 0 Å². The van der Waals surface area contributed by atoms with Gasteiger partial charge >= 0.3 is 0 Å². The molecule has 1 N–H and O–H groups in total. The van der Waals surface area contributed by atoms with Crippen LogP contribution < -0.4 is 4.72 Å². The van der Waals surface area contributed by atoms with Crippen LogP contribution in [0.1, 0.15) is 12.1 Å². The number of nitro groups is 1. The molecule has 0 saturated carbocycles. The van der Waals surface area contributed by atoms with Gasteiger partial charge < -0.3 is 0 Å². The number of aryl methyl sites for hydroxylation is 2. The predicted octanol–water partition coefficient (Wildman–Crippen LogP) is 2.12. The van der Waals surface area contributed by atoms with Gasteiger partial charge in [0, 0.05) is 25.4 Å². The molecule has 1 aromatic carbocycles. The summed E-state index contributed by atoms with van der Waals surface area (Å²) in [6.07, 6.45) is 2.13. The third-order valence-corrected chi connectivity index (χ3v) is 4.97. The van der Waals surface area contributed by atoms with E-state index in [0.717, 1.165) is 6.07 Å². The molecule has 0 bridgehead atoms. The molecule has 0 fully saturated rings. The first-order valence-corrected chi connectivity index (χ1v) is 8.60. The van der Waals surface area contributed by atoms with Crippen LogP contribution in [0.3, 0.4) is 0 Å². The van der Waals surface area contributed by atoms with E-state index in [1.165, 1.54) is 18.2 Å². The van der Waals surface area contributed by atoms with Gasteiger partial charge in [0.15, 0.2) is 4.90 Å². The van der Waals surface area contributed by atoms with Crippen LogP contribution in [0, 0.1) is 17.0 Å². The molecular weight excluding hydrogens is 344 g/mol. The van der Waals surface area contributed by atoms with E-state index < -0.39 is 20.6 Å². The summed E-state index contributed by atoms with van der Waals surface area (Å²) in [5.41, 5.74) is 0.252. The Hall–Kier alpha value is -1.97. The Labute approximate surface area is 138 Å². The van der Waals surface area contributed by atoms with Crippen LogP contribution in [-0.2, 0) is 16.6 Å². The topological polar surface area (TPSA) is 107 Å². The molecule has 0 aliphatic carbocycles. The van der Waals surface area contributed by atoms with Gasteiger partial charge in [0.25, 0.3) is 5.69 Å². The molecule has 0 atom stereocenters. The zero-order valence-corrected chi connectivity index (χ0v) is 13.8. The van der Waals surface area contributed by atoms with Crippen molar-refractivity contribution in [2.75, 3.05) is 6.54 Å². The minimum absolute atomic E-state index is 0.130. The lowest BCUT2D eigenvalue weighted by Gasteiger charge is -2.07. The number of halogens is 1. The zero-order valence-electron chi connectivity index (χ0n) is 12.3. The molecule has 8 nitrogen and oxygen atoms in total. The first-order valence-electron chi connectivity index (χ1n) is 6.74. The summed E-state index contributed by atoms with van der Waals surface area (Å²) in [7, 11) is -3.94. The minimum atomic E-state index is -3.94. The van der Waals surface area contributed by atoms with Gasteiger partial charge in [-0.25, -0.2) is 13.1 Å². The summed E-state index contributed by atoms with van der Waals surface area (Å²) >= 11 is 5.88. The Balaban J connectivity index is 1.98. The molecule has 1 aromatic heterocycles. The molecule has 0 aliphatic heterocycles. The Morgan fingerprint density at radius 1 is 1.39 bits per heavy atom. The van der Waals surface area contributed by atoms with Crippen molar-refractivity contribution in [1.82, 2.24) is 14.5 Å². The van der Waals surface area contributed by atoms with Crippen molar-refractivity contribution in [3.63, 3.8) is 0 Å². The van der Waals surface area contributed by atoms with Crippen LogP contribution in [0.2, 0.25) is 5.02 Å². The highest BCUT2D eigenvalue weighted by Gasteiger charge is 2.24. The standard InChI is InChI=1S/C13H15ClN4O4S/c1-10-11(14)9-17(16-10)8-4-7-15-23(21,22)13-6-3-2-5-12(13)18(19)20/h2-3,5-6,9,15H,4,7-8H2,1H3. The average molecular weight is 359 g/mol. The summed E-state index contributed by atoms with van der Waals surface area (Å²) in [6.45, 7) is 2.38. The molecule has 0 aliphatic rings. The molecule has 1 heterocycles. The summed E-state index contributed by atoms with van der Waals surface area (Å²) in [4.78, 5) is 9.84. The average Bonchev–Trinajstić information content (AvgIpc) is 2.82. The molecule has 124 valence electrons. The number of sulfonamides is 1. The fourth-order valence-electron chi connectivity index (χ4n) is 1.97. The number of para-hydroxylation sites is 1. The predicted molar refractivity (Wildman–Crippen MR) is 84.9 cm³/mol. The van der Waals surface area contributed by atoms with Crippen molar-refractivity contribution in [3.05, 3.63) is 51.3 Å². The van der Waals surface area contributed by atoms with E-state index in [0.29, 0.717) is 23.7 Å². The molecule has 0 amide bonds. The SMILES string of the molecule is Cc1nn(CCCNS(=O)(=O)c2ccccc2[N+](=O)[O-])cc1Cl. The smallest absolute Gasteiger partial charge is 0.271 e. The number of hydrogen-bond donors (Lipinski definition) is 1. The molecule has 10 heteroatoms. The summed E-state index contributed by atoms with van der Waals surface area (Å²) in [5, 5.41) is 15.6. The highest BCUT2D eigenvalue weighted by Crippen LogP contribution is 2.22. The highest BCUT2D eigenvalue weighted by atomic mass is 35.5. The number of rotatable bonds is 7. The van der Waals surface area contributed by atoms with Crippen molar-refractivity contribution in [2.24, 2.45) is 0 Å². The van der Waals surface area contributed by atoms with Crippen LogP contribution >= 0.6 is 11.6 Å². The normalized spacial score (nSPS) is 11.6. The van der Waals surface area contributed by atoms with E-state index in [2.05, 4.69) is 9.82 Å². The molecule has 23 heavy (non-hydrogen) atoms. The zero-order chi connectivity index (χ0) is 17.0. The maximum absolute atomic E-state index is 12.2. The van der Waals surface area contributed by atoms with Gasteiger partial charge in [-0.3, -0.25) is 14.8 Å². The molecule has 0 spiro atoms. The van der Waals surface area contributed by atoms with E-state index in [1.54, 1.807) is 17.8 Å². The third-order valence-electron chi connectivity index (χ3n) is 3.09. The number of aromatic nitrogens is 2. The number of nitro benzene ring substituents is 1. The van der Waals surface area contributed by atoms with Crippen LogP contribution in [0.25, 0.3) is 0 Å². The van der Waals surface area contributed by atoms with Crippen molar-refractivity contribution in [2.45, 2.75) is 24.8 Å².